The lowest BCUT2D eigenvalue weighted by molar-refractivity contribution is 0.590. The van der Waals surface area contributed by atoms with Gasteiger partial charge in [-0.2, -0.15) is 0 Å². The van der Waals surface area contributed by atoms with Gasteiger partial charge in [0.25, 0.3) is 20.1 Å². The van der Waals surface area contributed by atoms with Gasteiger partial charge in [0.15, 0.2) is 0 Å². The molecule has 6 aliphatic heterocycles. The molecule has 6 aliphatic rings. The van der Waals surface area contributed by atoms with E-state index in [2.05, 4.69) is 557 Å². The maximum Gasteiger partial charge on any atom is 0.252 e. The topological polar surface area (TPSA) is 19.4 Å². The highest BCUT2D eigenvalue weighted by atomic mass is 28.3. The molecule has 0 saturated heterocycles. The van der Waals surface area contributed by atoms with Gasteiger partial charge in [-0.05, 0) is 283 Å². The summed E-state index contributed by atoms with van der Waals surface area (Å²) in [5.41, 5.74) is 41.9. The molecule has 740 valence electrons. The van der Waals surface area contributed by atoms with Gasteiger partial charge in [0, 0.05) is 102 Å². The predicted octanol–water partition coefficient (Wildman–Crippen LogP) is 25.9. The Kier molecular flexibility index (Phi) is 23.6. The van der Waals surface area contributed by atoms with Crippen LogP contribution in [-0.4, -0.2) is 68.6 Å². The molecule has 0 aromatic heterocycles. The second-order valence-corrected chi connectivity index (χ2v) is 84.6. The Morgan fingerprint density at radius 1 is 0.164 bits per heavy atom. The molecule has 15 aromatic rings. The minimum absolute atomic E-state index is 0.100. The summed E-state index contributed by atoms with van der Waals surface area (Å²) in [7, 11) is -13.6. The first-order chi connectivity index (χ1) is 68.1. The Balaban J connectivity index is 0.996. The molecular weight excluding hydrogens is 1860 g/mol. The van der Waals surface area contributed by atoms with Crippen LogP contribution in [0.15, 0.2) is 291 Å². The third kappa shape index (κ3) is 17.1. The Morgan fingerprint density at radius 2 is 0.336 bits per heavy atom. The van der Waals surface area contributed by atoms with Crippen molar-refractivity contribution in [3.63, 3.8) is 0 Å². The average Bonchev–Trinajstić information content (AvgIpc) is 0.679. The van der Waals surface area contributed by atoms with Crippen molar-refractivity contribution in [3.05, 3.63) is 330 Å². The van der Waals surface area contributed by atoms with Crippen LogP contribution in [0.4, 0.5) is 102 Å². The quantitative estimate of drug-likeness (QED) is 0.0793. The van der Waals surface area contributed by atoms with Gasteiger partial charge in [0.1, 0.15) is 8.07 Å². The number of anilines is 18. The van der Waals surface area contributed by atoms with Crippen molar-refractivity contribution >= 4 is 262 Å². The summed E-state index contributed by atoms with van der Waals surface area (Å²) >= 11 is 0. The number of nitrogens with zero attached hydrogens (tertiary/aromatic N) is 6. The van der Waals surface area contributed by atoms with Gasteiger partial charge in [-0.15, -0.1) is 0 Å². The largest absolute Gasteiger partial charge is 0.311 e. The molecule has 0 amide bonds. The zero-order chi connectivity index (χ0) is 104. The fraction of sp³-hybridized carbons (Fsp3) is 0.313. The zero-order valence-corrected chi connectivity index (χ0v) is 100. The highest BCUT2D eigenvalue weighted by molar-refractivity contribution is 7.12. The summed E-state index contributed by atoms with van der Waals surface area (Å²) < 4.78 is 0. The molecule has 0 spiro atoms. The number of hydrogen-bond acceptors (Lipinski definition) is 6. The van der Waals surface area contributed by atoms with E-state index in [1.165, 1.54) is 209 Å². The van der Waals surface area contributed by atoms with Crippen LogP contribution in [0.2, 0.25) is 105 Å². The van der Waals surface area contributed by atoms with Crippen molar-refractivity contribution in [2.24, 2.45) is 0 Å². The number of benzene rings is 15. The van der Waals surface area contributed by atoms with Crippen molar-refractivity contribution in [2.45, 2.75) is 269 Å². The average molecular weight is 2010 g/mol. The third-order valence-electron chi connectivity index (χ3n) is 33.4. The van der Waals surface area contributed by atoms with Gasteiger partial charge in [-0.25, -0.2) is 0 Å². The van der Waals surface area contributed by atoms with Crippen molar-refractivity contribution in [3.8, 4) is 0 Å². The zero-order valence-electron chi connectivity index (χ0n) is 94.1. The fourth-order valence-electron chi connectivity index (χ4n) is 24.2. The van der Waals surface area contributed by atoms with Crippen molar-refractivity contribution in [2.75, 3.05) is 29.4 Å². The van der Waals surface area contributed by atoms with Crippen LogP contribution in [0, 0.1) is 6.92 Å². The monoisotopic (exact) mass is 2010 g/mol. The number of hydrogen-bond donors (Lipinski definition) is 0. The fourth-order valence-corrected chi connectivity index (χ4v) is 33.6. The lowest BCUT2D eigenvalue weighted by atomic mass is 9.33. The molecule has 0 unspecified atom stereocenters. The Labute approximate surface area is 882 Å². The van der Waals surface area contributed by atoms with Gasteiger partial charge >= 0.3 is 0 Å². The SMILES string of the molecule is Cc1ccc2c(c1)B1c3cc(C(C)(C)C)ccc3N(c3ccc(C(C)(C)C)cc3)c3cc([Si](C)(c4cc5c6c(c4)N(c4ccc([Si](C)(C)C)cc4)c4ccc([Si](C)(C)C)cc4B6c4cc(C(C)(C)C)ccc4N5c4ccc(C(C)(C)C)cc4)c4cc5c6c(c4)N(c4ccc([Si](C)(C)C)cc4)c4ccc([Si](C)(C)C)cc4B6c4cc(C(C)(C)C)ccc4N5c4ccc(C(C)(C)C)cc4)cc(c31)N2c1ccc([Si](C)(C)C)cc1. The van der Waals surface area contributed by atoms with E-state index in [4.69, 9.17) is 0 Å². The maximum absolute atomic E-state index is 4.04. The van der Waals surface area contributed by atoms with E-state index in [0.717, 1.165) is 22.7 Å². The smallest absolute Gasteiger partial charge is 0.252 e. The second kappa shape index (κ2) is 34.3. The summed E-state index contributed by atoms with van der Waals surface area (Å²) in [5, 5.41) is 11.2. The van der Waals surface area contributed by atoms with E-state index in [1.807, 2.05) is 0 Å². The molecule has 15 heteroatoms. The van der Waals surface area contributed by atoms with Gasteiger partial charge in [0.2, 0.25) is 0 Å². The van der Waals surface area contributed by atoms with Gasteiger partial charge < -0.3 is 29.4 Å². The second-order valence-electron chi connectivity index (χ2n) is 55.2. The molecule has 6 heterocycles. The summed E-state index contributed by atoms with van der Waals surface area (Å²) in [6.45, 7) is 85.4. The van der Waals surface area contributed by atoms with Crippen molar-refractivity contribution in [1.29, 1.82) is 0 Å². The maximum atomic E-state index is 2.83. The van der Waals surface area contributed by atoms with E-state index in [1.54, 1.807) is 0 Å². The standard InChI is InChI=1S/C131H153B3N6Si6/c1-84-36-66-111-105(72-84)132-106-73-88(129(11,12)13)43-67-112(106)135(91-46-37-85(38-47-91)126(2,3)4)117-78-102(79-118(123(117)132)138(111)94-52-58-97(59-53-94)141(20,21)22)146(35,103-80-119-124-121(82-103)139(95-54-60-98(61-55-95)142(23,24)25)115-70-64-100(144(29,30)31)76-109(115)133(124)107-74-89(130(14,15)16)44-68-113(107)136(119)92-48-39-86(40-49-92)127(5,6)7)104-81-120-125-122(83-104)140(96-56-62-99(63-57-96)143(26,27)28)116-71-65-101(145(32,33)34)77-110(116)134(125)108-75-90(131(17,18)19)45-69-114(108)137(120)93-50-41-87(42-51-93)128(8,9)10/h36-83H,1-35H3. The molecule has 15 aromatic carbocycles. The summed E-state index contributed by atoms with van der Waals surface area (Å²) in [6, 6.07) is 122. The molecule has 0 atom stereocenters. The molecule has 0 fully saturated rings. The molecular formula is C131H153B3N6Si6. The Bertz CT molecular complexity index is 7150. The highest BCUT2D eigenvalue weighted by Gasteiger charge is 2.53. The Morgan fingerprint density at radius 3 is 0.541 bits per heavy atom. The van der Waals surface area contributed by atoms with Crippen LogP contribution >= 0.6 is 0 Å². The van der Waals surface area contributed by atoms with Crippen molar-refractivity contribution < 1.29 is 0 Å². The van der Waals surface area contributed by atoms with Crippen LogP contribution in [0.1, 0.15) is 164 Å². The molecule has 0 aliphatic carbocycles. The molecule has 0 bridgehead atoms. The normalized spacial score (nSPS) is 14.7. The summed E-state index contributed by atoms with van der Waals surface area (Å²) in [4.78, 5) is 16.5. The van der Waals surface area contributed by atoms with Crippen molar-refractivity contribution in [1.82, 2.24) is 0 Å². The van der Waals surface area contributed by atoms with Crippen LogP contribution in [-0.2, 0) is 32.5 Å². The van der Waals surface area contributed by atoms with E-state index in [-0.39, 0.29) is 52.6 Å². The van der Waals surface area contributed by atoms with Gasteiger partial charge in [0.05, 0.1) is 40.4 Å². The first-order valence-electron chi connectivity index (χ1n) is 53.9. The van der Waals surface area contributed by atoms with Crippen LogP contribution in [0.5, 0.6) is 0 Å². The van der Waals surface area contributed by atoms with Gasteiger partial charge in [-0.3, -0.25) is 0 Å². The summed E-state index contributed by atoms with van der Waals surface area (Å²) in [5.74, 6) is 0. The first-order valence-corrected chi connectivity index (χ1v) is 73.9. The Hall–Kier alpha value is -11.4. The molecule has 0 radical (unpaired) electrons. The highest BCUT2D eigenvalue weighted by Crippen LogP contribution is 2.52. The van der Waals surface area contributed by atoms with E-state index >= 15 is 0 Å². The van der Waals surface area contributed by atoms with Gasteiger partial charge in [-0.1, -0.05) is 406 Å². The van der Waals surface area contributed by atoms with Crippen LogP contribution in [0.25, 0.3) is 0 Å². The van der Waals surface area contributed by atoms with Crippen LogP contribution < -0.4 is 120 Å². The minimum atomic E-state index is -4.04. The lowest BCUT2D eigenvalue weighted by Gasteiger charge is -2.48. The van der Waals surface area contributed by atoms with Crippen LogP contribution in [0.3, 0.4) is 0 Å². The molecule has 6 nitrogen and oxygen atoms in total. The first kappa shape index (κ1) is 101. The molecule has 21 rings (SSSR count). The molecule has 146 heavy (non-hydrogen) atoms. The predicted molar refractivity (Wildman–Crippen MR) is 664 cm³/mol. The summed E-state index contributed by atoms with van der Waals surface area (Å²) in [6.07, 6.45) is 0. The third-order valence-corrected chi connectivity index (χ3v) is 48.0. The van der Waals surface area contributed by atoms with E-state index < -0.39 is 48.4 Å². The number of rotatable bonds is 14. The van der Waals surface area contributed by atoms with E-state index in [0.29, 0.717) is 0 Å². The minimum Gasteiger partial charge on any atom is -0.311 e. The van der Waals surface area contributed by atoms with E-state index in [9.17, 15) is 0 Å². The molecule has 0 saturated carbocycles. The molecule has 0 N–H and O–H groups in total. The number of fused-ring (bicyclic) bond motifs is 12. The number of aryl methyl sites for hydroxylation is 1. The lowest BCUT2D eigenvalue weighted by Crippen LogP contribution is -2.69.